The Bertz CT molecular complexity index is 656. The standard InChI is InChI=1S/C13H20N4O5S/c1-10-8-16(9-11(2)22-10)23(20,21)7-6-15-13-12(17(18)19)4-3-5-14-13/h3-5,10-11H,6-9H2,1-2H3,(H,14,15)/t10-,11-/m1/s1. The molecule has 10 heteroatoms. The average molecular weight is 344 g/mol. The lowest BCUT2D eigenvalue weighted by molar-refractivity contribution is -0.384. The summed E-state index contributed by atoms with van der Waals surface area (Å²) in [6, 6.07) is 2.77. The monoisotopic (exact) mass is 344 g/mol. The van der Waals surface area contributed by atoms with Crippen LogP contribution < -0.4 is 5.32 Å². The molecule has 2 heterocycles. The fraction of sp³-hybridized carbons (Fsp3) is 0.615. The van der Waals surface area contributed by atoms with Gasteiger partial charge in [-0.25, -0.2) is 13.4 Å². The number of morpholine rings is 1. The molecule has 0 bridgehead atoms. The molecular weight excluding hydrogens is 324 g/mol. The number of sulfonamides is 1. The fourth-order valence-corrected chi connectivity index (χ4v) is 3.96. The molecule has 2 rings (SSSR count). The minimum atomic E-state index is -3.46. The van der Waals surface area contributed by atoms with E-state index in [0.717, 1.165) is 0 Å². The SMILES string of the molecule is C[C@@H]1CN(S(=O)(=O)CCNc2ncccc2[N+](=O)[O-])C[C@@H](C)O1. The minimum Gasteiger partial charge on any atom is -0.373 e. The Hall–Kier alpha value is -1.78. The average Bonchev–Trinajstić information content (AvgIpc) is 2.46. The van der Waals surface area contributed by atoms with Gasteiger partial charge in [-0.3, -0.25) is 10.1 Å². The fourth-order valence-electron chi connectivity index (χ4n) is 2.47. The molecule has 1 aliphatic heterocycles. The number of rotatable bonds is 6. The molecule has 0 radical (unpaired) electrons. The zero-order chi connectivity index (χ0) is 17.0. The minimum absolute atomic E-state index is 0.0420. The van der Waals surface area contributed by atoms with Gasteiger partial charge < -0.3 is 10.1 Å². The van der Waals surface area contributed by atoms with E-state index in [1.807, 2.05) is 13.8 Å². The third-order valence-corrected chi connectivity index (χ3v) is 5.22. The van der Waals surface area contributed by atoms with Crippen LogP contribution >= 0.6 is 0 Å². The van der Waals surface area contributed by atoms with Crippen molar-refractivity contribution in [3.8, 4) is 0 Å². The second-order valence-corrected chi connectivity index (χ2v) is 7.53. The molecule has 0 spiro atoms. The van der Waals surface area contributed by atoms with E-state index >= 15 is 0 Å². The molecule has 0 aromatic carbocycles. The summed E-state index contributed by atoms with van der Waals surface area (Å²) in [7, 11) is -3.46. The maximum Gasteiger partial charge on any atom is 0.311 e. The highest BCUT2D eigenvalue weighted by atomic mass is 32.2. The van der Waals surface area contributed by atoms with E-state index in [0.29, 0.717) is 13.1 Å². The Kier molecular flexibility index (Phi) is 5.50. The van der Waals surface area contributed by atoms with Gasteiger partial charge in [0.15, 0.2) is 0 Å². The molecule has 9 nitrogen and oxygen atoms in total. The molecule has 1 aromatic rings. The Morgan fingerprint density at radius 3 is 2.70 bits per heavy atom. The quantitative estimate of drug-likeness (QED) is 0.600. The molecule has 0 aliphatic carbocycles. The number of aromatic nitrogens is 1. The molecule has 1 fully saturated rings. The number of pyridine rings is 1. The van der Waals surface area contributed by atoms with Crippen molar-refractivity contribution in [1.29, 1.82) is 0 Å². The van der Waals surface area contributed by atoms with Crippen molar-refractivity contribution in [3.05, 3.63) is 28.4 Å². The van der Waals surface area contributed by atoms with Crippen LogP contribution in [0.25, 0.3) is 0 Å². The molecule has 1 saturated heterocycles. The largest absolute Gasteiger partial charge is 0.373 e. The first-order valence-electron chi connectivity index (χ1n) is 7.26. The summed E-state index contributed by atoms with van der Waals surface area (Å²) < 4.78 is 31.6. The number of hydrogen-bond donors (Lipinski definition) is 1. The first-order chi connectivity index (χ1) is 10.8. The van der Waals surface area contributed by atoms with Gasteiger partial charge in [-0.15, -0.1) is 0 Å². The number of nitro groups is 1. The molecule has 0 saturated carbocycles. The lowest BCUT2D eigenvalue weighted by Crippen LogP contribution is -2.49. The van der Waals surface area contributed by atoms with Gasteiger partial charge in [-0.05, 0) is 19.9 Å². The van der Waals surface area contributed by atoms with E-state index in [1.165, 1.54) is 22.6 Å². The van der Waals surface area contributed by atoms with Crippen molar-refractivity contribution >= 4 is 21.5 Å². The van der Waals surface area contributed by atoms with Crippen LogP contribution in [0.3, 0.4) is 0 Å². The maximum atomic E-state index is 12.4. The van der Waals surface area contributed by atoms with Gasteiger partial charge in [0, 0.05) is 31.9 Å². The predicted octanol–water partition coefficient (Wildman–Crippen LogP) is 0.841. The lowest BCUT2D eigenvalue weighted by atomic mass is 10.3. The summed E-state index contributed by atoms with van der Waals surface area (Å²) in [6.07, 6.45) is 1.10. The Labute approximate surface area is 134 Å². The molecule has 23 heavy (non-hydrogen) atoms. The Morgan fingerprint density at radius 2 is 2.09 bits per heavy atom. The van der Waals surface area contributed by atoms with Crippen molar-refractivity contribution in [2.24, 2.45) is 0 Å². The van der Waals surface area contributed by atoms with Crippen LogP contribution in [-0.2, 0) is 14.8 Å². The van der Waals surface area contributed by atoms with Crippen LogP contribution in [0.15, 0.2) is 18.3 Å². The number of nitrogens with one attached hydrogen (secondary N) is 1. The molecule has 1 aromatic heterocycles. The van der Waals surface area contributed by atoms with Gasteiger partial charge in [0.1, 0.15) is 0 Å². The van der Waals surface area contributed by atoms with Crippen molar-refractivity contribution in [3.63, 3.8) is 0 Å². The highest BCUT2D eigenvalue weighted by molar-refractivity contribution is 7.89. The topological polar surface area (TPSA) is 115 Å². The summed E-state index contributed by atoms with van der Waals surface area (Å²) in [5, 5.41) is 13.6. The van der Waals surface area contributed by atoms with Crippen LogP contribution in [0.4, 0.5) is 11.5 Å². The predicted molar refractivity (Wildman–Crippen MR) is 84.7 cm³/mol. The maximum absolute atomic E-state index is 12.4. The van der Waals surface area contributed by atoms with Gasteiger partial charge in [-0.2, -0.15) is 4.31 Å². The van der Waals surface area contributed by atoms with E-state index < -0.39 is 14.9 Å². The van der Waals surface area contributed by atoms with Crippen LogP contribution in [0, 0.1) is 10.1 Å². The highest BCUT2D eigenvalue weighted by Gasteiger charge is 2.30. The summed E-state index contributed by atoms with van der Waals surface area (Å²) in [5.74, 6) is -0.100. The van der Waals surface area contributed by atoms with Crippen molar-refractivity contribution in [1.82, 2.24) is 9.29 Å². The highest BCUT2D eigenvalue weighted by Crippen LogP contribution is 2.20. The lowest BCUT2D eigenvalue weighted by Gasteiger charge is -2.34. The smallest absolute Gasteiger partial charge is 0.311 e. The summed E-state index contributed by atoms with van der Waals surface area (Å²) >= 11 is 0. The van der Waals surface area contributed by atoms with E-state index in [-0.39, 0.29) is 36.0 Å². The zero-order valence-electron chi connectivity index (χ0n) is 13.0. The Balaban J connectivity index is 1.96. The summed E-state index contributed by atoms with van der Waals surface area (Å²) in [6.45, 7) is 4.33. The van der Waals surface area contributed by atoms with Crippen molar-refractivity contribution < 1.29 is 18.1 Å². The van der Waals surface area contributed by atoms with E-state index in [1.54, 1.807) is 0 Å². The number of anilines is 1. The summed E-state index contributed by atoms with van der Waals surface area (Å²) in [5.41, 5.74) is -0.182. The van der Waals surface area contributed by atoms with E-state index in [4.69, 9.17) is 4.74 Å². The molecular formula is C13H20N4O5S. The first kappa shape index (κ1) is 17.6. The van der Waals surface area contributed by atoms with Gasteiger partial charge >= 0.3 is 5.69 Å². The van der Waals surface area contributed by atoms with Gasteiger partial charge in [0.2, 0.25) is 15.8 Å². The van der Waals surface area contributed by atoms with Crippen LogP contribution in [0.2, 0.25) is 0 Å². The van der Waals surface area contributed by atoms with Crippen LogP contribution in [-0.4, -0.2) is 60.2 Å². The first-order valence-corrected chi connectivity index (χ1v) is 8.87. The van der Waals surface area contributed by atoms with E-state index in [2.05, 4.69) is 10.3 Å². The van der Waals surface area contributed by atoms with E-state index in [9.17, 15) is 18.5 Å². The van der Waals surface area contributed by atoms with Gasteiger partial charge in [-0.1, -0.05) is 0 Å². The molecule has 1 aliphatic rings. The molecule has 1 N–H and O–H groups in total. The normalized spacial score (nSPS) is 22.7. The van der Waals surface area contributed by atoms with Crippen molar-refractivity contribution in [2.75, 3.05) is 30.7 Å². The molecule has 128 valence electrons. The zero-order valence-corrected chi connectivity index (χ0v) is 13.8. The van der Waals surface area contributed by atoms with Gasteiger partial charge in [0.25, 0.3) is 0 Å². The van der Waals surface area contributed by atoms with Crippen LogP contribution in [0.1, 0.15) is 13.8 Å². The Morgan fingerprint density at radius 1 is 1.43 bits per heavy atom. The number of hydrogen-bond acceptors (Lipinski definition) is 7. The molecule has 0 unspecified atom stereocenters. The summed E-state index contributed by atoms with van der Waals surface area (Å²) in [4.78, 5) is 14.2. The molecule has 0 amide bonds. The van der Waals surface area contributed by atoms with Crippen LogP contribution in [0.5, 0.6) is 0 Å². The van der Waals surface area contributed by atoms with Gasteiger partial charge in [0.05, 0.1) is 22.9 Å². The third-order valence-electron chi connectivity index (χ3n) is 3.42. The third kappa shape index (κ3) is 4.60. The number of nitrogens with zero attached hydrogens (tertiary/aromatic N) is 3. The molecule has 2 atom stereocenters. The number of ether oxygens (including phenoxy) is 1. The second kappa shape index (κ2) is 7.20. The second-order valence-electron chi connectivity index (χ2n) is 5.45. The van der Waals surface area contributed by atoms with Crippen molar-refractivity contribution in [2.45, 2.75) is 26.1 Å².